The van der Waals surface area contributed by atoms with Gasteiger partial charge in [0.1, 0.15) is 0 Å². The lowest BCUT2D eigenvalue weighted by atomic mass is 10.2. The van der Waals surface area contributed by atoms with E-state index >= 15 is 0 Å². The summed E-state index contributed by atoms with van der Waals surface area (Å²) in [7, 11) is 0. The highest BCUT2D eigenvalue weighted by Gasteiger charge is 2.00. The first-order valence-electron chi connectivity index (χ1n) is 7.28. The van der Waals surface area contributed by atoms with E-state index < -0.39 is 0 Å². The molecule has 0 heterocycles. The highest BCUT2D eigenvalue weighted by molar-refractivity contribution is 5.75. The fraction of sp³-hybridized carbons (Fsp3) is 0.786. The zero-order chi connectivity index (χ0) is 15.2. The molecule has 0 unspecified atom stereocenters. The molecule has 0 bridgehead atoms. The van der Waals surface area contributed by atoms with Crippen molar-refractivity contribution in [3.05, 3.63) is 0 Å². The number of carbonyl (C=O) groups excluding carboxylic acids is 3. The van der Waals surface area contributed by atoms with E-state index in [4.69, 9.17) is 0 Å². The van der Waals surface area contributed by atoms with Gasteiger partial charge >= 0.3 is 0 Å². The molecule has 0 fully saturated rings. The number of rotatable bonds is 11. The quantitative estimate of drug-likeness (QED) is 0.489. The number of hydrogen-bond donors (Lipinski definition) is 3. The van der Waals surface area contributed by atoms with Gasteiger partial charge in [-0.1, -0.05) is 6.42 Å². The lowest BCUT2D eigenvalue weighted by Gasteiger charge is -2.06. The highest BCUT2D eigenvalue weighted by atomic mass is 16.2. The maximum absolute atomic E-state index is 11.5. The summed E-state index contributed by atoms with van der Waals surface area (Å²) in [6.07, 6.45) is 4.97. The number of nitrogens with one attached hydrogen (secondary N) is 3. The average Bonchev–Trinajstić information content (AvgIpc) is 2.37. The normalized spacial score (nSPS) is 9.90. The van der Waals surface area contributed by atoms with E-state index in [-0.39, 0.29) is 17.7 Å². The van der Waals surface area contributed by atoms with Gasteiger partial charge in [0.25, 0.3) is 0 Å². The third-order valence-electron chi connectivity index (χ3n) is 2.75. The van der Waals surface area contributed by atoms with Gasteiger partial charge in [0, 0.05) is 39.9 Å². The molecule has 0 saturated heterocycles. The van der Waals surface area contributed by atoms with Crippen LogP contribution in [0.15, 0.2) is 0 Å². The molecule has 0 rings (SSSR count). The van der Waals surface area contributed by atoms with Gasteiger partial charge in [-0.05, 0) is 25.7 Å². The zero-order valence-electron chi connectivity index (χ0n) is 12.6. The number of amides is 3. The molecule has 3 N–H and O–H groups in total. The van der Waals surface area contributed by atoms with Gasteiger partial charge in [0.15, 0.2) is 0 Å². The minimum absolute atomic E-state index is 0.0120. The number of hydrogen-bond acceptors (Lipinski definition) is 3. The van der Waals surface area contributed by atoms with Crippen LogP contribution in [0, 0.1) is 0 Å². The van der Waals surface area contributed by atoms with E-state index in [2.05, 4.69) is 16.0 Å². The van der Waals surface area contributed by atoms with Crippen LogP contribution in [-0.4, -0.2) is 37.4 Å². The van der Waals surface area contributed by atoms with Gasteiger partial charge in [-0.2, -0.15) is 0 Å². The van der Waals surface area contributed by atoms with E-state index in [9.17, 15) is 14.4 Å². The first-order valence-corrected chi connectivity index (χ1v) is 7.28. The molecule has 0 atom stereocenters. The summed E-state index contributed by atoms with van der Waals surface area (Å²) in [5.74, 6) is 0.0411. The SMILES string of the molecule is CC(=O)NCCCCCC(=O)NCCCCNC(C)=O. The van der Waals surface area contributed by atoms with Gasteiger partial charge in [-0.3, -0.25) is 14.4 Å². The van der Waals surface area contributed by atoms with Crippen molar-refractivity contribution in [3.63, 3.8) is 0 Å². The smallest absolute Gasteiger partial charge is 0.219 e. The first-order chi connectivity index (χ1) is 9.52. The molecular formula is C14H27N3O3. The van der Waals surface area contributed by atoms with Gasteiger partial charge in [-0.25, -0.2) is 0 Å². The largest absolute Gasteiger partial charge is 0.356 e. The van der Waals surface area contributed by atoms with Crippen molar-refractivity contribution in [1.29, 1.82) is 0 Å². The summed E-state index contributed by atoms with van der Waals surface area (Å²) in [6.45, 7) is 4.99. The fourth-order valence-corrected chi connectivity index (χ4v) is 1.68. The Labute approximate surface area is 121 Å². The molecule has 6 nitrogen and oxygen atoms in total. The van der Waals surface area contributed by atoms with Crippen LogP contribution in [0.5, 0.6) is 0 Å². The summed E-state index contributed by atoms with van der Waals surface area (Å²) in [5, 5.41) is 8.30. The fourth-order valence-electron chi connectivity index (χ4n) is 1.68. The second-order valence-electron chi connectivity index (χ2n) is 4.83. The van der Waals surface area contributed by atoms with Gasteiger partial charge < -0.3 is 16.0 Å². The molecule has 0 aromatic carbocycles. The molecule has 0 aromatic heterocycles. The van der Waals surface area contributed by atoms with Gasteiger partial charge in [0.05, 0.1) is 0 Å². The van der Waals surface area contributed by atoms with Crippen molar-refractivity contribution in [2.24, 2.45) is 0 Å². The monoisotopic (exact) mass is 285 g/mol. The molecule has 0 aromatic rings. The second-order valence-corrected chi connectivity index (χ2v) is 4.83. The first kappa shape index (κ1) is 18.4. The Hall–Kier alpha value is -1.59. The van der Waals surface area contributed by atoms with Crippen molar-refractivity contribution in [2.45, 2.75) is 52.4 Å². The standard InChI is InChI=1S/C14H27N3O3/c1-12(18)15-9-5-3-4-8-14(20)17-11-7-6-10-16-13(2)19/h3-11H2,1-2H3,(H,15,18)(H,16,19)(H,17,20). The maximum Gasteiger partial charge on any atom is 0.219 e. The van der Waals surface area contributed by atoms with Gasteiger partial charge in [-0.15, -0.1) is 0 Å². The summed E-state index contributed by atoms with van der Waals surface area (Å²) in [6, 6.07) is 0. The van der Waals surface area contributed by atoms with E-state index in [0.717, 1.165) is 32.1 Å². The zero-order valence-corrected chi connectivity index (χ0v) is 12.6. The third-order valence-corrected chi connectivity index (χ3v) is 2.75. The van der Waals surface area contributed by atoms with Crippen molar-refractivity contribution in [2.75, 3.05) is 19.6 Å². The lowest BCUT2D eigenvalue weighted by Crippen LogP contribution is -2.26. The lowest BCUT2D eigenvalue weighted by molar-refractivity contribution is -0.121. The molecule has 0 aliphatic carbocycles. The summed E-state index contributed by atoms with van der Waals surface area (Å²) in [4.78, 5) is 32.7. The molecule has 0 spiro atoms. The molecule has 6 heteroatoms. The molecule has 20 heavy (non-hydrogen) atoms. The van der Waals surface area contributed by atoms with Crippen LogP contribution in [0.25, 0.3) is 0 Å². The van der Waals surface area contributed by atoms with Crippen molar-refractivity contribution in [1.82, 2.24) is 16.0 Å². The van der Waals surface area contributed by atoms with Crippen molar-refractivity contribution >= 4 is 17.7 Å². The Bertz CT molecular complexity index is 278. The van der Waals surface area contributed by atoms with Crippen LogP contribution in [0.1, 0.15) is 52.4 Å². The van der Waals surface area contributed by atoms with Crippen LogP contribution in [-0.2, 0) is 14.4 Å². The number of carbonyl (C=O) groups is 3. The Kier molecular flexibility index (Phi) is 11.5. The second kappa shape index (κ2) is 12.4. The Balaban J connectivity index is 3.24. The van der Waals surface area contributed by atoms with Gasteiger partial charge in [0.2, 0.25) is 17.7 Å². The van der Waals surface area contributed by atoms with Crippen molar-refractivity contribution in [3.8, 4) is 0 Å². The summed E-state index contributed by atoms with van der Waals surface area (Å²) >= 11 is 0. The minimum Gasteiger partial charge on any atom is -0.356 e. The minimum atomic E-state index is -0.0201. The van der Waals surface area contributed by atoms with E-state index in [0.29, 0.717) is 26.1 Å². The van der Waals surface area contributed by atoms with Crippen LogP contribution in [0.3, 0.4) is 0 Å². The molecule has 0 radical (unpaired) electrons. The van der Waals surface area contributed by atoms with Crippen LogP contribution < -0.4 is 16.0 Å². The molecular weight excluding hydrogens is 258 g/mol. The topological polar surface area (TPSA) is 87.3 Å². The third kappa shape index (κ3) is 14.5. The average molecular weight is 285 g/mol. The predicted molar refractivity (Wildman–Crippen MR) is 78.1 cm³/mol. The highest BCUT2D eigenvalue weighted by Crippen LogP contribution is 1.99. The summed E-state index contributed by atoms with van der Waals surface area (Å²) < 4.78 is 0. The van der Waals surface area contributed by atoms with E-state index in [1.54, 1.807) is 0 Å². The molecule has 116 valence electrons. The van der Waals surface area contributed by atoms with Crippen molar-refractivity contribution < 1.29 is 14.4 Å². The molecule has 0 saturated carbocycles. The Morgan fingerprint density at radius 2 is 1.10 bits per heavy atom. The molecule has 3 amide bonds. The van der Waals surface area contributed by atoms with E-state index in [1.807, 2.05) is 0 Å². The summed E-state index contributed by atoms with van der Waals surface area (Å²) in [5.41, 5.74) is 0. The Morgan fingerprint density at radius 3 is 1.60 bits per heavy atom. The molecule has 0 aliphatic rings. The van der Waals surface area contributed by atoms with Crippen LogP contribution in [0.4, 0.5) is 0 Å². The van der Waals surface area contributed by atoms with Crippen LogP contribution >= 0.6 is 0 Å². The van der Waals surface area contributed by atoms with Crippen LogP contribution in [0.2, 0.25) is 0 Å². The molecule has 0 aliphatic heterocycles. The number of unbranched alkanes of at least 4 members (excludes halogenated alkanes) is 3. The van der Waals surface area contributed by atoms with E-state index in [1.165, 1.54) is 13.8 Å². The predicted octanol–water partition coefficient (Wildman–Crippen LogP) is 0.715. The Morgan fingerprint density at radius 1 is 0.650 bits per heavy atom. The maximum atomic E-state index is 11.5.